The second kappa shape index (κ2) is 5.33. The Balaban J connectivity index is 1.85. The van der Waals surface area contributed by atoms with Crippen LogP contribution < -0.4 is 0 Å². The zero-order chi connectivity index (χ0) is 15.0. The zero-order valence-electron chi connectivity index (χ0n) is 12.3. The number of carbonyl (C=O) groups excluding carboxylic acids is 1. The summed E-state index contributed by atoms with van der Waals surface area (Å²) in [7, 11) is 0. The summed E-state index contributed by atoms with van der Waals surface area (Å²) in [5, 5.41) is 16.6. The van der Waals surface area contributed by atoms with E-state index < -0.39 is 0 Å². The number of carbonyl (C=O) groups is 1. The molecule has 0 atom stereocenters. The minimum Gasteiger partial charge on any atom is -0.392 e. The summed E-state index contributed by atoms with van der Waals surface area (Å²) < 4.78 is 0. The number of nitrogens with zero attached hydrogens (tertiary/aromatic N) is 2. The van der Waals surface area contributed by atoms with Crippen LogP contribution in [0.2, 0.25) is 0 Å². The fourth-order valence-electron chi connectivity index (χ4n) is 2.76. The van der Waals surface area contributed by atoms with Crippen molar-refractivity contribution < 1.29 is 9.90 Å². The highest BCUT2D eigenvalue weighted by Crippen LogP contribution is 2.22. The number of aromatic amines is 1. The maximum absolute atomic E-state index is 12.6. The number of aliphatic hydroxyl groups is 1. The molecule has 0 aliphatic carbocycles. The summed E-state index contributed by atoms with van der Waals surface area (Å²) in [4.78, 5) is 14.5. The molecule has 1 aliphatic rings. The van der Waals surface area contributed by atoms with Gasteiger partial charge in [0.1, 0.15) is 0 Å². The lowest BCUT2D eigenvalue weighted by atomic mass is 10.0. The maximum Gasteiger partial charge on any atom is 0.254 e. The molecule has 3 rings (SSSR count). The standard InChI is InChI=1S/C16H19N3O2/c1-10-3-4-12(7-13(10)9-20)16(21)19-6-5-15-14(8-19)11(2)17-18-15/h3-4,7,20H,5-6,8-9H2,1-2H3,(H,17,18). The molecule has 2 heterocycles. The predicted octanol–water partition coefficient (Wildman–Crippen LogP) is 1.72. The molecule has 5 nitrogen and oxygen atoms in total. The number of fused-ring (bicyclic) bond motifs is 1. The van der Waals surface area contributed by atoms with Crippen LogP contribution in [-0.4, -0.2) is 32.7 Å². The molecular formula is C16H19N3O2. The quantitative estimate of drug-likeness (QED) is 0.882. The van der Waals surface area contributed by atoms with Crippen molar-refractivity contribution in [1.82, 2.24) is 15.1 Å². The van der Waals surface area contributed by atoms with Crippen molar-refractivity contribution in [2.24, 2.45) is 0 Å². The number of rotatable bonds is 2. The van der Waals surface area contributed by atoms with Crippen LogP contribution in [0.5, 0.6) is 0 Å². The Bertz CT molecular complexity index is 691. The van der Waals surface area contributed by atoms with Crippen LogP contribution in [-0.2, 0) is 19.6 Å². The zero-order valence-corrected chi connectivity index (χ0v) is 12.3. The third kappa shape index (κ3) is 2.45. The monoisotopic (exact) mass is 285 g/mol. The number of aliphatic hydroxyl groups excluding tert-OH is 1. The van der Waals surface area contributed by atoms with E-state index in [0.29, 0.717) is 18.7 Å². The molecule has 0 unspecified atom stereocenters. The van der Waals surface area contributed by atoms with E-state index in [9.17, 15) is 9.90 Å². The van der Waals surface area contributed by atoms with Crippen LogP contribution in [0.4, 0.5) is 0 Å². The number of aromatic nitrogens is 2. The number of aryl methyl sites for hydroxylation is 2. The summed E-state index contributed by atoms with van der Waals surface area (Å²) in [6.07, 6.45) is 0.782. The van der Waals surface area contributed by atoms with Crippen LogP contribution in [0, 0.1) is 13.8 Å². The summed E-state index contributed by atoms with van der Waals surface area (Å²) in [5.74, 6) is 0.0101. The lowest BCUT2D eigenvalue weighted by Crippen LogP contribution is -2.36. The molecule has 0 fully saturated rings. The van der Waals surface area contributed by atoms with Gasteiger partial charge in [0.05, 0.1) is 12.3 Å². The molecule has 1 aromatic carbocycles. The van der Waals surface area contributed by atoms with Crippen molar-refractivity contribution in [2.75, 3.05) is 6.54 Å². The molecule has 21 heavy (non-hydrogen) atoms. The van der Waals surface area contributed by atoms with E-state index in [1.165, 1.54) is 0 Å². The number of H-pyrrole nitrogens is 1. The van der Waals surface area contributed by atoms with Crippen LogP contribution in [0.15, 0.2) is 18.2 Å². The van der Waals surface area contributed by atoms with E-state index in [4.69, 9.17) is 0 Å². The Kier molecular flexibility index (Phi) is 3.51. The molecule has 110 valence electrons. The molecule has 1 aromatic heterocycles. The van der Waals surface area contributed by atoms with Crippen molar-refractivity contribution in [2.45, 2.75) is 33.4 Å². The van der Waals surface area contributed by atoms with E-state index in [-0.39, 0.29) is 12.5 Å². The van der Waals surface area contributed by atoms with Crippen LogP contribution in [0.25, 0.3) is 0 Å². The number of benzene rings is 1. The third-order valence-electron chi connectivity index (χ3n) is 4.18. The van der Waals surface area contributed by atoms with Gasteiger partial charge >= 0.3 is 0 Å². The van der Waals surface area contributed by atoms with E-state index >= 15 is 0 Å². The van der Waals surface area contributed by atoms with Gasteiger partial charge in [-0.3, -0.25) is 9.89 Å². The molecule has 2 aromatic rings. The minimum atomic E-state index is -0.0437. The van der Waals surface area contributed by atoms with Gasteiger partial charge < -0.3 is 10.0 Å². The van der Waals surface area contributed by atoms with Gasteiger partial charge in [-0.25, -0.2) is 0 Å². The van der Waals surface area contributed by atoms with Gasteiger partial charge in [-0.2, -0.15) is 5.10 Å². The molecule has 0 spiro atoms. The number of hydrogen-bond donors (Lipinski definition) is 2. The fourth-order valence-corrected chi connectivity index (χ4v) is 2.76. The Morgan fingerprint density at radius 1 is 1.43 bits per heavy atom. The average molecular weight is 285 g/mol. The fraction of sp³-hybridized carbons (Fsp3) is 0.375. The van der Waals surface area contributed by atoms with Gasteiger partial charge in [-0.15, -0.1) is 0 Å². The first-order chi connectivity index (χ1) is 10.1. The Morgan fingerprint density at radius 2 is 2.24 bits per heavy atom. The van der Waals surface area contributed by atoms with Gasteiger partial charge in [0, 0.05) is 36.3 Å². The summed E-state index contributed by atoms with van der Waals surface area (Å²) in [5.41, 5.74) is 5.66. The lowest BCUT2D eigenvalue weighted by Gasteiger charge is -2.27. The Morgan fingerprint density at radius 3 is 3.00 bits per heavy atom. The normalized spacial score (nSPS) is 14.1. The molecule has 1 aliphatic heterocycles. The third-order valence-corrected chi connectivity index (χ3v) is 4.18. The van der Waals surface area contributed by atoms with Crippen LogP contribution in [0.3, 0.4) is 0 Å². The van der Waals surface area contributed by atoms with E-state index in [0.717, 1.165) is 34.5 Å². The van der Waals surface area contributed by atoms with Crippen molar-refractivity contribution in [3.63, 3.8) is 0 Å². The first kappa shape index (κ1) is 13.8. The molecule has 0 radical (unpaired) electrons. The SMILES string of the molecule is Cc1ccc(C(=O)N2CCc3n[nH]c(C)c3C2)cc1CO. The highest BCUT2D eigenvalue weighted by molar-refractivity contribution is 5.94. The first-order valence-corrected chi connectivity index (χ1v) is 7.12. The topological polar surface area (TPSA) is 69.2 Å². The predicted molar refractivity (Wildman–Crippen MR) is 78.9 cm³/mol. The Labute approximate surface area is 123 Å². The molecule has 5 heteroatoms. The smallest absolute Gasteiger partial charge is 0.254 e. The summed E-state index contributed by atoms with van der Waals surface area (Å²) >= 11 is 0. The second-order valence-electron chi connectivity index (χ2n) is 5.55. The molecule has 0 saturated heterocycles. The van der Waals surface area contributed by atoms with Crippen molar-refractivity contribution >= 4 is 5.91 Å². The van der Waals surface area contributed by atoms with Gasteiger partial charge in [-0.05, 0) is 37.1 Å². The van der Waals surface area contributed by atoms with Gasteiger partial charge in [0.2, 0.25) is 0 Å². The summed E-state index contributed by atoms with van der Waals surface area (Å²) in [6.45, 7) is 5.15. The number of nitrogens with one attached hydrogen (secondary N) is 1. The molecule has 0 bridgehead atoms. The lowest BCUT2D eigenvalue weighted by molar-refractivity contribution is 0.0734. The molecule has 2 N–H and O–H groups in total. The largest absolute Gasteiger partial charge is 0.392 e. The van der Waals surface area contributed by atoms with E-state index in [1.807, 2.05) is 30.9 Å². The number of hydrogen-bond acceptors (Lipinski definition) is 3. The summed E-state index contributed by atoms with van der Waals surface area (Å²) in [6, 6.07) is 5.50. The van der Waals surface area contributed by atoms with E-state index in [1.54, 1.807) is 6.07 Å². The second-order valence-corrected chi connectivity index (χ2v) is 5.55. The van der Waals surface area contributed by atoms with Gasteiger partial charge in [-0.1, -0.05) is 6.07 Å². The number of amides is 1. The van der Waals surface area contributed by atoms with Crippen molar-refractivity contribution in [1.29, 1.82) is 0 Å². The molecular weight excluding hydrogens is 266 g/mol. The highest BCUT2D eigenvalue weighted by Gasteiger charge is 2.25. The maximum atomic E-state index is 12.6. The van der Waals surface area contributed by atoms with Gasteiger partial charge in [0.15, 0.2) is 0 Å². The highest BCUT2D eigenvalue weighted by atomic mass is 16.3. The molecule has 1 amide bonds. The van der Waals surface area contributed by atoms with Crippen molar-refractivity contribution in [3.8, 4) is 0 Å². The van der Waals surface area contributed by atoms with Crippen LogP contribution in [0.1, 0.15) is 38.4 Å². The van der Waals surface area contributed by atoms with Gasteiger partial charge in [0.25, 0.3) is 5.91 Å². The Hall–Kier alpha value is -2.14. The first-order valence-electron chi connectivity index (χ1n) is 7.12. The van der Waals surface area contributed by atoms with E-state index in [2.05, 4.69) is 10.2 Å². The van der Waals surface area contributed by atoms with Crippen molar-refractivity contribution in [3.05, 3.63) is 51.8 Å². The van der Waals surface area contributed by atoms with Crippen LogP contribution >= 0.6 is 0 Å². The molecule has 0 saturated carbocycles. The minimum absolute atomic E-state index is 0.0101. The average Bonchev–Trinajstić information content (AvgIpc) is 2.88.